The van der Waals surface area contributed by atoms with Crippen LogP contribution in [0.5, 0.6) is 0 Å². The van der Waals surface area contributed by atoms with Crippen molar-refractivity contribution in [3.05, 3.63) is 0 Å². The molecule has 2 heteroatoms. The maximum absolute atomic E-state index is 2.76. The average Bonchev–Trinajstić information content (AvgIpc) is 2.45. The van der Waals surface area contributed by atoms with Gasteiger partial charge in [0.2, 0.25) is 0 Å². The van der Waals surface area contributed by atoms with E-state index in [2.05, 4.69) is 51.3 Å². The van der Waals surface area contributed by atoms with E-state index in [1.54, 1.807) is 0 Å². The molecule has 0 radical (unpaired) electrons. The number of piperidine rings is 1. The highest BCUT2D eigenvalue weighted by Gasteiger charge is 2.41. The molecule has 0 amide bonds. The fourth-order valence-electron chi connectivity index (χ4n) is 3.45. The van der Waals surface area contributed by atoms with E-state index < -0.39 is 0 Å². The number of hydrogen-bond donors (Lipinski definition) is 0. The minimum absolute atomic E-state index is 0.328. The van der Waals surface area contributed by atoms with Crippen molar-refractivity contribution in [2.75, 3.05) is 19.6 Å². The van der Waals surface area contributed by atoms with Crippen molar-refractivity contribution in [1.29, 1.82) is 0 Å². The molecule has 0 spiro atoms. The molecule has 0 unspecified atom stereocenters. The van der Waals surface area contributed by atoms with Gasteiger partial charge in [-0.15, -0.1) is 0 Å². The summed E-state index contributed by atoms with van der Waals surface area (Å²) >= 11 is 0. The third-order valence-corrected chi connectivity index (χ3v) is 4.52. The van der Waals surface area contributed by atoms with Gasteiger partial charge in [-0.05, 0) is 60.3 Å². The molecule has 3 fully saturated rings. The molecule has 2 nitrogen and oxygen atoms in total. The van der Waals surface area contributed by atoms with Gasteiger partial charge in [-0.2, -0.15) is 0 Å². The van der Waals surface area contributed by atoms with E-state index in [4.69, 9.17) is 0 Å². The lowest BCUT2D eigenvalue weighted by Crippen LogP contribution is -2.54. The Morgan fingerprint density at radius 2 is 1.41 bits per heavy atom. The van der Waals surface area contributed by atoms with Crippen molar-refractivity contribution < 1.29 is 0 Å². The summed E-state index contributed by atoms with van der Waals surface area (Å²) in [6.45, 7) is 18.1. The first-order chi connectivity index (χ1) is 7.68. The quantitative estimate of drug-likeness (QED) is 0.640. The van der Waals surface area contributed by atoms with Crippen molar-refractivity contribution in [2.24, 2.45) is 5.92 Å². The second-order valence-electron chi connectivity index (χ2n) is 8.00. The van der Waals surface area contributed by atoms with Crippen LogP contribution in [-0.2, 0) is 0 Å². The molecular weight excluding hydrogens is 208 g/mol. The Bertz CT molecular complexity index is 270. The van der Waals surface area contributed by atoms with Gasteiger partial charge in [0.05, 0.1) is 0 Å². The van der Waals surface area contributed by atoms with E-state index in [9.17, 15) is 0 Å². The molecule has 100 valence electrons. The molecule has 0 aromatic carbocycles. The smallest absolute Gasteiger partial charge is 0.0228 e. The largest absolute Gasteiger partial charge is 0.297 e. The molecule has 17 heavy (non-hydrogen) atoms. The highest BCUT2D eigenvalue weighted by atomic mass is 15.3. The van der Waals surface area contributed by atoms with Crippen molar-refractivity contribution in [2.45, 2.75) is 71.5 Å². The molecule has 3 saturated heterocycles. The van der Waals surface area contributed by atoms with Gasteiger partial charge < -0.3 is 0 Å². The Morgan fingerprint density at radius 1 is 0.765 bits per heavy atom. The fourth-order valence-corrected chi connectivity index (χ4v) is 3.45. The maximum Gasteiger partial charge on any atom is 0.0228 e. The Balaban J connectivity index is 2.17. The SMILES string of the molecule is CC(C)(C)N1C[C@@H]2CC[C@H](C1)N(C(C)(C)C)C2. The molecule has 3 aliphatic rings. The van der Waals surface area contributed by atoms with Gasteiger partial charge in [0, 0.05) is 36.8 Å². The van der Waals surface area contributed by atoms with E-state index in [1.165, 1.54) is 32.5 Å². The number of nitrogens with zero attached hydrogens (tertiary/aromatic N) is 2. The number of hydrogen-bond acceptors (Lipinski definition) is 2. The molecule has 2 bridgehead atoms. The second kappa shape index (κ2) is 4.24. The van der Waals surface area contributed by atoms with Gasteiger partial charge in [-0.3, -0.25) is 9.80 Å². The minimum atomic E-state index is 0.328. The van der Waals surface area contributed by atoms with Crippen LogP contribution < -0.4 is 0 Å². The van der Waals surface area contributed by atoms with E-state index >= 15 is 0 Å². The molecule has 0 N–H and O–H groups in total. The molecule has 0 aromatic heterocycles. The zero-order chi connectivity index (χ0) is 12.8. The van der Waals surface area contributed by atoms with Gasteiger partial charge in [-0.1, -0.05) is 0 Å². The lowest BCUT2D eigenvalue weighted by Gasteiger charge is -2.45. The summed E-state index contributed by atoms with van der Waals surface area (Å²) in [6.07, 6.45) is 2.83. The van der Waals surface area contributed by atoms with Crippen molar-refractivity contribution in [3.8, 4) is 0 Å². The van der Waals surface area contributed by atoms with Gasteiger partial charge in [0.25, 0.3) is 0 Å². The summed E-state index contributed by atoms with van der Waals surface area (Å²) in [6, 6.07) is 0.771. The van der Waals surface area contributed by atoms with Crippen LogP contribution in [0.25, 0.3) is 0 Å². The second-order valence-corrected chi connectivity index (χ2v) is 8.00. The monoisotopic (exact) mass is 238 g/mol. The van der Waals surface area contributed by atoms with Gasteiger partial charge in [-0.25, -0.2) is 0 Å². The average molecular weight is 238 g/mol. The summed E-state index contributed by atoms with van der Waals surface area (Å²) in [5.74, 6) is 0.882. The Labute approximate surface area is 107 Å². The Morgan fingerprint density at radius 3 is 1.94 bits per heavy atom. The van der Waals surface area contributed by atoms with Crippen LogP contribution in [0.15, 0.2) is 0 Å². The molecule has 0 saturated carbocycles. The van der Waals surface area contributed by atoms with Crippen LogP contribution in [0, 0.1) is 5.92 Å². The third-order valence-electron chi connectivity index (χ3n) is 4.52. The predicted molar refractivity (Wildman–Crippen MR) is 74.3 cm³/mol. The highest BCUT2D eigenvalue weighted by molar-refractivity contribution is 4.96. The molecule has 3 heterocycles. The predicted octanol–water partition coefficient (Wildman–Crippen LogP) is 2.98. The highest BCUT2D eigenvalue weighted by Crippen LogP contribution is 2.34. The summed E-state index contributed by atoms with van der Waals surface area (Å²) in [5.41, 5.74) is 0.659. The lowest BCUT2D eigenvalue weighted by atomic mass is 9.90. The number of rotatable bonds is 0. The summed E-state index contributed by atoms with van der Waals surface area (Å²) in [7, 11) is 0. The van der Waals surface area contributed by atoms with E-state index in [0.717, 1.165) is 12.0 Å². The zero-order valence-corrected chi connectivity index (χ0v) is 12.6. The van der Waals surface area contributed by atoms with E-state index in [0.29, 0.717) is 11.1 Å². The normalized spacial score (nSPS) is 32.8. The topological polar surface area (TPSA) is 6.48 Å². The van der Waals surface area contributed by atoms with E-state index in [1.807, 2.05) is 0 Å². The Hall–Kier alpha value is -0.0800. The molecule has 3 aliphatic heterocycles. The molecular formula is C15H30N2. The maximum atomic E-state index is 2.76. The molecule has 2 atom stereocenters. The van der Waals surface area contributed by atoms with Crippen LogP contribution in [0.4, 0.5) is 0 Å². The van der Waals surface area contributed by atoms with E-state index in [-0.39, 0.29) is 0 Å². The third kappa shape index (κ3) is 2.85. The first-order valence-corrected chi connectivity index (χ1v) is 7.20. The summed E-state index contributed by atoms with van der Waals surface area (Å²) in [4.78, 5) is 5.47. The molecule has 3 rings (SSSR count). The molecule has 0 aliphatic carbocycles. The van der Waals surface area contributed by atoms with Crippen molar-refractivity contribution in [3.63, 3.8) is 0 Å². The van der Waals surface area contributed by atoms with Crippen LogP contribution in [0.1, 0.15) is 54.4 Å². The van der Waals surface area contributed by atoms with Crippen LogP contribution in [-0.4, -0.2) is 46.6 Å². The first-order valence-electron chi connectivity index (χ1n) is 7.20. The number of fused-ring (bicyclic) bond motifs is 4. The van der Waals surface area contributed by atoms with Crippen LogP contribution in [0.2, 0.25) is 0 Å². The first kappa shape index (κ1) is 13.4. The van der Waals surface area contributed by atoms with Crippen LogP contribution >= 0.6 is 0 Å². The fraction of sp³-hybridized carbons (Fsp3) is 1.00. The standard InChI is InChI=1S/C15H30N2/c1-14(2,3)16-9-12-7-8-13(11-16)17(10-12)15(4,5)6/h12-13H,7-11H2,1-6H3/t12-,13+/m0/s1. The van der Waals surface area contributed by atoms with Gasteiger partial charge >= 0.3 is 0 Å². The van der Waals surface area contributed by atoms with Gasteiger partial charge in [0.1, 0.15) is 0 Å². The lowest BCUT2D eigenvalue weighted by molar-refractivity contribution is 0.0381. The summed E-state index contributed by atoms with van der Waals surface area (Å²) in [5, 5.41) is 0. The van der Waals surface area contributed by atoms with Gasteiger partial charge in [0.15, 0.2) is 0 Å². The van der Waals surface area contributed by atoms with Crippen molar-refractivity contribution in [1.82, 2.24) is 9.80 Å². The zero-order valence-electron chi connectivity index (χ0n) is 12.6. The molecule has 0 aromatic rings. The minimum Gasteiger partial charge on any atom is -0.297 e. The van der Waals surface area contributed by atoms with Crippen LogP contribution in [0.3, 0.4) is 0 Å². The van der Waals surface area contributed by atoms with Crippen molar-refractivity contribution >= 4 is 0 Å². The Kier molecular flexibility index (Phi) is 3.33. The summed E-state index contributed by atoms with van der Waals surface area (Å²) < 4.78 is 0.